The van der Waals surface area contributed by atoms with Crippen LogP contribution in [0, 0.1) is 0 Å². The number of hydrogen-bond donors (Lipinski definition) is 2. The normalized spacial score (nSPS) is 11.1. The lowest BCUT2D eigenvalue weighted by Gasteiger charge is -2.10. The highest BCUT2D eigenvalue weighted by molar-refractivity contribution is 7.89. The number of sulfonamides is 1. The Balaban J connectivity index is 1.60. The predicted octanol–water partition coefficient (Wildman–Crippen LogP) is 2.78. The second-order valence-electron chi connectivity index (χ2n) is 5.58. The average Bonchev–Trinajstić information content (AvgIpc) is 3.20. The highest BCUT2D eigenvalue weighted by Gasteiger charge is 2.15. The zero-order chi connectivity index (χ0) is 19.1. The molecule has 0 fully saturated rings. The molecule has 3 rings (SSSR count). The third-order valence-electron chi connectivity index (χ3n) is 3.56. The van der Waals surface area contributed by atoms with Gasteiger partial charge in [0.15, 0.2) is 6.61 Å². The van der Waals surface area contributed by atoms with E-state index in [1.54, 1.807) is 48.5 Å². The van der Waals surface area contributed by atoms with E-state index in [2.05, 4.69) is 10.0 Å². The van der Waals surface area contributed by atoms with Gasteiger partial charge in [-0.1, -0.05) is 24.3 Å². The second-order valence-corrected chi connectivity index (χ2v) is 7.35. The zero-order valence-corrected chi connectivity index (χ0v) is 15.1. The van der Waals surface area contributed by atoms with Crippen molar-refractivity contribution >= 4 is 21.6 Å². The fourth-order valence-corrected chi connectivity index (χ4v) is 3.31. The number of rotatable bonds is 8. The molecule has 140 valence electrons. The van der Waals surface area contributed by atoms with E-state index in [0.717, 1.165) is 0 Å². The van der Waals surface area contributed by atoms with Crippen LogP contribution >= 0.6 is 0 Å². The number of ether oxygens (including phenoxy) is 1. The number of nitrogens with one attached hydrogen (secondary N) is 2. The van der Waals surface area contributed by atoms with Gasteiger partial charge in [0.2, 0.25) is 10.0 Å². The van der Waals surface area contributed by atoms with Gasteiger partial charge < -0.3 is 14.5 Å². The molecular weight excluding hydrogens is 368 g/mol. The Bertz CT molecular complexity index is 986. The van der Waals surface area contributed by atoms with E-state index in [1.807, 2.05) is 6.07 Å². The van der Waals surface area contributed by atoms with Crippen LogP contribution in [0.2, 0.25) is 0 Å². The molecule has 3 aromatic rings. The smallest absolute Gasteiger partial charge is 0.262 e. The number of carbonyl (C=O) groups excluding carboxylic acids is 1. The predicted molar refractivity (Wildman–Crippen MR) is 99.7 cm³/mol. The molecule has 1 aromatic heterocycles. The molecule has 0 atom stereocenters. The number of furan rings is 1. The molecule has 27 heavy (non-hydrogen) atoms. The largest absolute Gasteiger partial charge is 0.484 e. The fourth-order valence-electron chi connectivity index (χ4n) is 2.27. The van der Waals surface area contributed by atoms with Crippen LogP contribution in [-0.4, -0.2) is 20.9 Å². The lowest BCUT2D eigenvalue weighted by atomic mass is 10.3. The molecule has 2 aromatic carbocycles. The molecule has 0 radical (unpaired) electrons. The summed E-state index contributed by atoms with van der Waals surface area (Å²) in [6.07, 6.45) is 1.47. The summed E-state index contributed by atoms with van der Waals surface area (Å²) < 4.78 is 37.7. The number of amides is 1. The molecule has 7 nitrogen and oxygen atoms in total. The number of carbonyl (C=O) groups is 1. The van der Waals surface area contributed by atoms with Crippen molar-refractivity contribution in [3.63, 3.8) is 0 Å². The Morgan fingerprint density at radius 1 is 1.00 bits per heavy atom. The minimum absolute atomic E-state index is 0.0378. The van der Waals surface area contributed by atoms with Crippen molar-refractivity contribution in [2.24, 2.45) is 0 Å². The van der Waals surface area contributed by atoms with Crippen LogP contribution in [0.15, 0.2) is 82.3 Å². The van der Waals surface area contributed by atoms with E-state index in [-0.39, 0.29) is 18.0 Å². The summed E-state index contributed by atoms with van der Waals surface area (Å²) >= 11 is 0. The first-order valence-electron chi connectivity index (χ1n) is 8.13. The van der Waals surface area contributed by atoms with Crippen molar-refractivity contribution in [3.8, 4) is 5.75 Å². The van der Waals surface area contributed by atoms with Gasteiger partial charge in [0.25, 0.3) is 5.91 Å². The molecule has 0 saturated heterocycles. The lowest BCUT2D eigenvalue weighted by Crippen LogP contribution is -2.23. The van der Waals surface area contributed by atoms with Gasteiger partial charge >= 0.3 is 0 Å². The van der Waals surface area contributed by atoms with E-state index in [0.29, 0.717) is 17.2 Å². The Kier molecular flexibility index (Phi) is 5.90. The topological polar surface area (TPSA) is 97.6 Å². The summed E-state index contributed by atoms with van der Waals surface area (Å²) in [6.45, 7) is -0.144. The summed E-state index contributed by atoms with van der Waals surface area (Å²) in [5.74, 6) is 0.684. The summed E-state index contributed by atoms with van der Waals surface area (Å²) in [7, 11) is -3.74. The Morgan fingerprint density at radius 2 is 1.81 bits per heavy atom. The molecule has 1 heterocycles. The summed E-state index contributed by atoms with van der Waals surface area (Å²) in [5, 5.41) is 2.62. The number of para-hydroxylation sites is 1. The molecule has 0 aliphatic carbocycles. The fraction of sp³-hybridized carbons (Fsp3) is 0.105. The number of benzene rings is 2. The van der Waals surface area contributed by atoms with Crippen molar-refractivity contribution in [1.82, 2.24) is 4.72 Å². The first-order valence-corrected chi connectivity index (χ1v) is 9.61. The highest BCUT2D eigenvalue weighted by atomic mass is 32.2. The highest BCUT2D eigenvalue weighted by Crippen LogP contribution is 2.16. The molecule has 8 heteroatoms. The maximum atomic E-state index is 12.4. The minimum atomic E-state index is -3.74. The van der Waals surface area contributed by atoms with Crippen LogP contribution in [0.1, 0.15) is 5.76 Å². The van der Waals surface area contributed by atoms with Gasteiger partial charge in [0.1, 0.15) is 11.5 Å². The molecule has 0 aliphatic heterocycles. The van der Waals surface area contributed by atoms with Crippen LogP contribution < -0.4 is 14.8 Å². The van der Waals surface area contributed by atoms with Crippen molar-refractivity contribution in [2.75, 3.05) is 11.9 Å². The van der Waals surface area contributed by atoms with Crippen molar-refractivity contribution in [1.29, 1.82) is 0 Å². The summed E-state index contributed by atoms with van der Waals surface area (Å²) in [5.41, 5.74) is 0.359. The first kappa shape index (κ1) is 18.7. The van der Waals surface area contributed by atoms with E-state index in [9.17, 15) is 13.2 Å². The molecular formula is C19H18N2O5S. The summed E-state index contributed by atoms with van der Waals surface area (Å²) in [4.78, 5) is 12.1. The molecule has 0 unspecified atom stereocenters. The SMILES string of the molecule is O=C(COc1ccccc1)Nc1cccc(S(=O)(=O)NCc2ccco2)c1. The van der Waals surface area contributed by atoms with Gasteiger partial charge in [0.05, 0.1) is 17.7 Å². The van der Waals surface area contributed by atoms with Crippen LogP contribution in [0.25, 0.3) is 0 Å². The van der Waals surface area contributed by atoms with Crippen LogP contribution in [0.3, 0.4) is 0 Å². The second kappa shape index (κ2) is 8.52. The van der Waals surface area contributed by atoms with E-state index in [4.69, 9.17) is 9.15 Å². The van der Waals surface area contributed by atoms with E-state index < -0.39 is 15.9 Å². The van der Waals surface area contributed by atoms with Gasteiger partial charge in [-0.05, 0) is 42.5 Å². The van der Waals surface area contributed by atoms with Gasteiger partial charge in [-0.15, -0.1) is 0 Å². The van der Waals surface area contributed by atoms with Crippen molar-refractivity contribution in [3.05, 3.63) is 78.8 Å². The first-order chi connectivity index (χ1) is 13.0. The van der Waals surface area contributed by atoms with Crippen molar-refractivity contribution in [2.45, 2.75) is 11.4 Å². The van der Waals surface area contributed by atoms with Crippen LogP contribution in [0.5, 0.6) is 5.75 Å². The number of anilines is 1. The van der Waals surface area contributed by atoms with Crippen LogP contribution in [-0.2, 0) is 21.4 Å². The Morgan fingerprint density at radius 3 is 2.56 bits per heavy atom. The van der Waals surface area contributed by atoms with Gasteiger partial charge in [0, 0.05) is 5.69 Å². The average molecular weight is 386 g/mol. The quantitative estimate of drug-likeness (QED) is 0.620. The molecule has 0 saturated carbocycles. The number of hydrogen-bond acceptors (Lipinski definition) is 5. The third-order valence-corrected chi connectivity index (χ3v) is 4.96. The van der Waals surface area contributed by atoms with Gasteiger partial charge in [-0.2, -0.15) is 0 Å². The van der Waals surface area contributed by atoms with E-state index in [1.165, 1.54) is 18.4 Å². The molecule has 2 N–H and O–H groups in total. The zero-order valence-electron chi connectivity index (χ0n) is 14.3. The Labute approximate surface area is 157 Å². The standard InChI is InChI=1S/C19H18N2O5S/c22-19(14-26-16-7-2-1-3-8-16)21-15-6-4-10-18(12-15)27(23,24)20-13-17-9-5-11-25-17/h1-12,20H,13-14H2,(H,21,22). The molecule has 0 bridgehead atoms. The van der Waals surface area contributed by atoms with Crippen molar-refractivity contribution < 1.29 is 22.4 Å². The maximum Gasteiger partial charge on any atom is 0.262 e. The summed E-state index contributed by atoms with van der Waals surface area (Å²) in [6, 6.07) is 18.3. The monoisotopic (exact) mass is 386 g/mol. The molecule has 0 spiro atoms. The Hall–Kier alpha value is -3.10. The lowest BCUT2D eigenvalue weighted by molar-refractivity contribution is -0.118. The minimum Gasteiger partial charge on any atom is -0.484 e. The third kappa shape index (κ3) is 5.44. The maximum absolute atomic E-state index is 12.4. The molecule has 1 amide bonds. The molecule has 0 aliphatic rings. The van der Waals surface area contributed by atoms with Crippen LogP contribution in [0.4, 0.5) is 5.69 Å². The van der Waals surface area contributed by atoms with Gasteiger partial charge in [-0.25, -0.2) is 13.1 Å². The van der Waals surface area contributed by atoms with E-state index >= 15 is 0 Å². The van der Waals surface area contributed by atoms with Gasteiger partial charge in [-0.3, -0.25) is 4.79 Å².